The number of morpholine rings is 1. The predicted molar refractivity (Wildman–Crippen MR) is 136 cm³/mol. The van der Waals surface area contributed by atoms with Crippen molar-refractivity contribution in [2.75, 3.05) is 13.1 Å². The maximum atomic E-state index is 13.5. The summed E-state index contributed by atoms with van der Waals surface area (Å²) >= 11 is 0. The molecular weight excluding hydrogens is 456 g/mol. The highest BCUT2D eigenvalue weighted by atomic mass is 16.6. The molecule has 0 N–H and O–H groups in total. The smallest absolute Gasteiger partial charge is 0.269 e. The van der Waals surface area contributed by atoms with E-state index in [0.717, 1.165) is 22.4 Å². The fraction of sp³-hybridized carbons (Fsp3) is 0.214. The van der Waals surface area contributed by atoms with Crippen LogP contribution < -0.4 is 0 Å². The SMILES string of the molecule is CC1CN(C(=O)Cc2cn(-c3ccccc3)nc2-c2ccc([N+](=O)[O-])cc2)CC(c2ccccc2)O1. The Morgan fingerprint density at radius 1 is 1.00 bits per heavy atom. The number of ether oxygens (including phenoxy) is 1. The van der Waals surface area contributed by atoms with Gasteiger partial charge in [-0.25, -0.2) is 4.68 Å². The Kier molecular flexibility index (Phi) is 6.60. The Labute approximate surface area is 208 Å². The molecule has 1 aliphatic heterocycles. The number of nitro benzene ring substituents is 1. The first-order valence-electron chi connectivity index (χ1n) is 11.8. The van der Waals surface area contributed by atoms with Gasteiger partial charge in [0.05, 0.1) is 35.4 Å². The average Bonchev–Trinajstić information content (AvgIpc) is 3.33. The first kappa shape index (κ1) is 23.4. The minimum atomic E-state index is -0.431. The summed E-state index contributed by atoms with van der Waals surface area (Å²) in [6.45, 7) is 2.97. The third kappa shape index (κ3) is 5.04. The van der Waals surface area contributed by atoms with Crippen LogP contribution in [0.25, 0.3) is 16.9 Å². The molecule has 0 saturated carbocycles. The maximum Gasteiger partial charge on any atom is 0.269 e. The third-order valence-corrected chi connectivity index (χ3v) is 6.29. The molecule has 0 aliphatic carbocycles. The van der Waals surface area contributed by atoms with Crippen LogP contribution >= 0.6 is 0 Å². The molecule has 2 heterocycles. The van der Waals surface area contributed by atoms with E-state index in [4.69, 9.17) is 9.84 Å². The molecule has 36 heavy (non-hydrogen) atoms. The minimum Gasteiger partial charge on any atom is -0.367 e. The van der Waals surface area contributed by atoms with Gasteiger partial charge in [-0.05, 0) is 36.8 Å². The van der Waals surface area contributed by atoms with Crippen LogP contribution in [0.15, 0.2) is 91.1 Å². The molecule has 1 aliphatic rings. The largest absolute Gasteiger partial charge is 0.367 e. The van der Waals surface area contributed by atoms with Crippen molar-refractivity contribution in [3.05, 3.63) is 112 Å². The van der Waals surface area contributed by atoms with E-state index in [1.807, 2.05) is 78.7 Å². The van der Waals surface area contributed by atoms with Gasteiger partial charge in [0.25, 0.3) is 5.69 Å². The fourth-order valence-corrected chi connectivity index (χ4v) is 4.52. The number of carbonyl (C=O) groups excluding carboxylic acids is 1. The number of aromatic nitrogens is 2. The van der Waals surface area contributed by atoms with Gasteiger partial charge in [0.1, 0.15) is 6.10 Å². The molecule has 4 aromatic rings. The molecule has 0 bridgehead atoms. The molecule has 8 nitrogen and oxygen atoms in total. The summed E-state index contributed by atoms with van der Waals surface area (Å²) in [5.74, 6) is -0.0122. The van der Waals surface area contributed by atoms with E-state index in [-0.39, 0.29) is 30.2 Å². The minimum absolute atomic E-state index is 0.00752. The zero-order valence-corrected chi connectivity index (χ0v) is 19.9. The Morgan fingerprint density at radius 3 is 2.33 bits per heavy atom. The van der Waals surface area contributed by atoms with Gasteiger partial charge in [0.2, 0.25) is 5.91 Å². The Hall–Kier alpha value is -4.30. The lowest BCUT2D eigenvalue weighted by molar-refractivity contribution is -0.384. The van der Waals surface area contributed by atoms with E-state index < -0.39 is 4.92 Å². The molecule has 1 aromatic heterocycles. The number of non-ortho nitro benzene ring substituents is 1. The van der Waals surface area contributed by atoms with Gasteiger partial charge in [-0.2, -0.15) is 5.10 Å². The first-order chi connectivity index (χ1) is 17.5. The number of nitrogens with zero attached hydrogens (tertiary/aromatic N) is 4. The number of benzene rings is 3. The second-order valence-corrected chi connectivity index (χ2v) is 8.91. The van der Waals surface area contributed by atoms with E-state index in [1.54, 1.807) is 16.8 Å². The fourth-order valence-electron chi connectivity index (χ4n) is 4.52. The molecule has 5 rings (SSSR count). The van der Waals surface area contributed by atoms with Crippen LogP contribution in [-0.4, -0.2) is 44.7 Å². The zero-order valence-electron chi connectivity index (χ0n) is 19.9. The van der Waals surface area contributed by atoms with Crippen LogP contribution in [0.2, 0.25) is 0 Å². The number of amides is 1. The standard InChI is InChI=1S/C28H26N4O4/c1-20-17-30(19-26(36-20)21-8-4-2-5-9-21)27(33)16-23-18-31(24-10-6-3-7-11-24)29-28(23)22-12-14-25(15-13-22)32(34)35/h2-15,18,20,26H,16-17,19H2,1H3. The van der Waals surface area contributed by atoms with Gasteiger partial charge in [0.15, 0.2) is 0 Å². The molecule has 1 saturated heterocycles. The molecule has 1 fully saturated rings. The van der Waals surface area contributed by atoms with Crippen LogP contribution in [0.3, 0.4) is 0 Å². The van der Waals surface area contributed by atoms with Gasteiger partial charge in [-0.3, -0.25) is 14.9 Å². The predicted octanol–water partition coefficient (Wildman–Crippen LogP) is 4.98. The summed E-state index contributed by atoms with van der Waals surface area (Å²) in [7, 11) is 0. The first-order valence-corrected chi connectivity index (χ1v) is 11.8. The van der Waals surface area contributed by atoms with Crippen LogP contribution in [0.5, 0.6) is 0 Å². The summed E-state index contributed by atoms with van der Waals surface area (Å²) < 4.78 is 7.87. The molecule has 182 valence electrons. The molecule has 1 amide bonds. The second-order valence-electron chi connectivity index (χ2n) is 8.91. The van der Waals surface area contributed by atoms with Crippen LogP contribution in [0.4, 0.5) is 5.69 Å². The lowest BCUT2D eigenvalue weighted by Gasteiger charge is -2.37. The Balaban J connectivity index is 1.44. The normalized spacial score (nSPS) is 17.6. The number of carbonyl (C=O) groups is 1. The molecule has 2 atom stereocenters. The second kappa shape index (κ2) is 10.1. The molecule has 0 radical (unpaired) electrons. The van der Waals surface area contributed by atoms with Crippen molar-refractivity contribution in [1.82, 2.24) is 14.7 Å². The van der Waals surface area contributed by atoms with E-state index >= 15 is 0 Å². The number of rotatable bonds is 6. The van der Waals surface area contributed by atoms with Crippen molar-refractivity contribution in [2.24, 2.45) is 0 Å². The third-order valence-electron chi connectivity index (χ3n) is 6.29. The Bertz CT molecular complexity index is 1350. The Morgan fingerprint density at radius 2 is 1.67 bits per heavy atom. The lowest BCUT2D eigenvalue weighted by atomic mass is 10.0. The monoisotopic (exact) mass is 482 g/mol. The van der Waals surface area contributed by atoms with Crippen molar-refractivity contribution in [3.8, 4) is 16.9 Å². The highest BCUT2D eigenvalue weighted by Crippen LogP contribution is 2.29. The van der Waals surface area contributed by atoms with Crippen molar-refractivity contribution in [1.29, 1.82) is 0 Å². The van der Waals surface area contributed by atoms with E-state index in [9.17, 15) is 14.9 Å². The summed E-state index contributed by atoms with van der Waals surface area (Å²) in [5.41, 5.74) is 4.02. The number of hydrogen-bond donors (Lipinski definition) is 0. The topological polar surface area (TPSA) is 90.5 Å². The molecule has 3 aromatic carbocycles. The summed E-state index contributed by atoms with van der Waals surface area (Å²) in [5, 5.41) is 15.9. The summed E-state index contributed by atoms with van der Waals surface area (Å²) in [6.07, 6.45) is 1.75. The number of hydrogen-bond acceptors (Lipinski definition) is 5. The van der Waals surface area contributed by atoms with Gasteiger partial charge in [-0.15, -0.1) is 0 Å². The van der Waals surface area contributed by atoms with Gasteiger partial charge in [0, 0.05) is 36.0 Å². The van der Waals surface area contributed by atoms with Crippen molar-refractivity contribution >= 4 is 11.6 Å². The molecular formula is C28H26N4O4. The number of nitro groups is 1. The van der Waals surface area contributed by atoms with E-state index in [1.165, 1.54) is 12.1 Å². The van der Waals surface area contributed by atoms with E-state index in [2.05, 4.69) is 0 Å². The van der Waals surface area contributed by atoms with Crippen LogP contribution in [0.1, 0.15) is 24.2 Å². The van der Waals surface area contributed by atoms with Crippen LogP contribution in [-0.2, 0) is 16.0 Å². The zero-order chi connectivity index (χ0) is 25.1. The summed E-state index contributed by atoms with van der Waals surface area (Å²) in [4.78, 5) is 26.0. The average molecular weight is 483 g/mol. The maximum absolute atomic E-state index is 13.5. The van der Waals surface area contributed by atoms with Crippen molar-refractivity contribution in [2.45, 2.75) is 25.6 Å². The van der Waals surface area contributed by atoms with Gasteiger partial charge >= 0.3 is 0 Å². The van der Waals surface area contributed by atoms with Gasteiger partial charge in [-0.1, -0.05) is 48.5 Å². The lowest BCUT2D eigenvalue weighted by Crippen LogP contribution is -2.46. The number of para-hydroxylation sites is 1. The summed E-state index contributed by atoms with van der Waals surface area (Å²) in [6, 6.07) is 25.8. The van der Waals surface area contributed by atoms with Crippen molar-refractivity contribution < 1.29 is 14.5 Å². The molecule has 8 heteroatoms. The molecule has 2 unspecified atom stereocenters. The highest BCUT2D eigenvalue weighted by molar-refractivity contribution is 5.81. The molecule has 0 spiro atoms. The highest BCUT2D eigenvalue weighted by Gasteiger charge is 2.30. The van der Waals surface area contributed by atoms with Gasteiger partial charge < -0.3 is 9.64 Å². The quantitative estimate of drug-likeness (QED) is 0.286. The van der Waals surface area contributed by atoms with E-state index in [0.29, 0.717) is 18.8 Å². The van der Waals surface area contributed by atoms with Crippen LogP contribution in [0, 0.1) is 10.1 Å². The van der Waals surface area contributed by atoms with Crippen molar-refractivity contribution in [3.63, 3.8) is 0 Å².